The van der Waals surface area contributed by atoms with Crippen molar-refractivity contribution >= 4 is 17.5 Å². The van der Waals surface area contributed by atoms with Gasteiger partial charge in [0.15, 0.2) is 0 Å². The first kappa shape index (κ1) is 18.1. The number of pyridine rings is 1. The van der Waals surface area contributed by atoms with E-state index in [2.05, 4.69) is 34.4 Å². The maximum absolute atomic E-state index is 11.9. The summed E-state index contributed by atoms with van der Waals surface area (Å²) < 4.78 is 0. The van der Waals surface area contributed by atoms with Crippen molar-refractivity contribution in [2.45, 2.75) is 51.0 Å². The predicted molar refractivity (Wildman–Crippen MR) is 112 cm³/mol. The molecule has 1 amide bonds. The van der Waals surface area contributed by atoms with Gasteiger partial charge in [0.05, 0.1) is 0 Å². The first-order valence-corrected chi connectivity index (χ1v) is 10.5. The number of fused-ring (bicyclic) bond motifs is 4. The molecule has 2 aromatic rings. The highest BCUT2D eigenvalue weighted by Gasteiger charge is 2.54. The third-order valence-corrected chi connectivity index (χ3v) is 6.90. The first-order chi connectivity index (χ1) is 14.1. The standard InChI is InChI=1S/C24H25N3O2/c1-3-22(29)26-24-18-8-7-17-19(11-25-12-20(17)23(18)24)14-5-9-21-15(10-14)4-6-16(13-28)27(21)2/h5,9-12,18,23-24H,3-4,6-8H2,1-2H3,(H,26,29). The topological polar surface area (TPSA) is 62.3 Å². The number of rotatable bonds is 3. The quantitative estimate of drug-likeness (QED) is 0.820. The van der Waals surface area contributed by atoms with Crippen molar-refractivity contribution in [3.8, 4) is 11.1 Å². The van der Waals surface area contributed by atoms with Crippen molar-refractivity contribution in [1.29, 1.82) is 0 Å². The summed E-state index contributed by atoms with van der Waals surface area (Å²) in [5, 5.41) is 3.20. The Balaban J connectivity index is 1.49. The SMILES string of the molecule is CCC(=O)NC1C2CCc3c(-c4ccc5c(c4)CCC(=C=O)N5C)cncc3C21. The Morgan fingerprint density at radius 3 is 2.93 bits per heavy atom. The maximum atomic E-state index is 11.9. The molecule has 3 atom stereocenters. The van der Waals surface area contributed by atoms with E-state index >= 15 is 0 Å². The monoisotopic (exact) mass is 387 g/mol. The van der Waals surface area contributed by atoms with Crippen LogP contribution in [0.3, 0.4) is 0 Å². The van der Waals surface area contributed by atoms with Gasteiger partial charge in [-0.05, 0) is 59.6 Å². The number of carbonyl (C=O) groups excluding carboxylic acids is 2. The number of anilines is 1. The molecule has 0 saturated heterocycles. The van der Waals surface area contributed by atoms with E-state index in [1.807, 2.05) is 31.3 Å². The average Bonchev–Trinajstić information content (AvgIpc) is 3.46. The lowest BCUT2D eigenvalue weighted by Crippen LogP contribution is -2.26. The molecular formula is C24H25N3O2. The summed E-state index contributed by atoms with van der Waals surface area (Å²) >= 11 is 0. The zero-order valence-electron chi connectivity index (χ0n) is 16.9. The van der Waals surface area contributed by atoms with Gasteiger partial charge in [-0.1, -0.05) is 13.0 Å². The third-order valence-electron chi connectivity index (χ3n) is 6.90. The molecule has 1 aromatic carbocycles. The second-order valence-corrected chi connectivity index (χ2v) is 8.38. The van der Waals surface area contributed by atoms with Crippen LogP contribution in [0.25, 0.3) is 11.1 Å². The van der Waals surface area contributed by atoms with E-state index in [4.69, 9.17) is 0 Å². The third kappa shape index (κ3) is 2.89. The Bertz CT molecular complexity index is 1050. The summed E-state index contributed by atoms with van der Waals surface area (Å²) in [5.74, 6) is 3.17. The lowest BCUT2D eigenvalue weighted by Gasteiger charge is -2.28. The van der Waals surface area contributed by atoms with Gasteiger partial charge in [-0.15, -0.1) is 0 Å². The molecule has 1 aromatic heterocycles. The fourth-order valence-corrected chi connectivity index (χ4v) is 5.24. The molecule has 0 spiro atoms. The van der Waals surface area contributed by atoms with Crippen LogP contribution in [0.1, 0.15) is 48.8 Å². The number of amides is 1. The van der Waals surface area contributed by atoms with Crippen molar-refractivity contribution in [1.82, 2.24) is 10.3 Å². The van der Waals surface area contributed by atoms with Gasteiger partial charge in [0.25, 0.3) is 0 Å². The minimum Gasteiger partial charge on any atom is -0.352 e. The van der Waals surface area contributed by atoms with Gasteiger partial charge in [0.2, 0.25) is 5.91 Å². The number of aromatic nitrogens is 1. The van der Waals surface area contributed by atoms with Crippen molar-refractivity contribution in [3.63, 3.8) is 0 Å². The molecule has 29 heavy (non-hydrogen) atoms. The van der Waals surface area contributed by atoms with Gasteiger partial charge in [-0.25, -0.2) is 4.79 Å². The Labute approximate surface area is 170 Å². The van der Waals surface area contributed by atoms with Gasteiger partial charge < -0.3 is 10.2 Å². The highest BCUT2D eigenvalue weighted by molar-refractivity contribution is 5.78. The Hall–Kier alpha value is -2.91. The van der Waals surface area contributed by atoms with Crippen molar-refractivity contribution in [3.05, 3.63) is 53.0 Å². The summed E-state index contributed by atoms with van der Waals surface area (Å²) in [6.45, 7) is 1.90. The lowest BCUT2D eigenvalue weighted by molar-refractivity contribution is -0.121. The number of aryl methyl sites for hydroxylation is 1. The first-order valence-electron chi connectivity index (χ1n) is 10.5. The number of benzene rings is 1. The molecule has 2 aliphatic carbocycles. The second kappa shape index (κ2) is 6.85. The Morgan fingerprint density at radius 2 is 2.14 bits per heavy atom. The number of hydrogen-bond acceptors (Lipinski definition) is 4. The van der Waals surface area contributed by atoms with Gasteiger partial charge in [0, 0.05) is 55.5 Å². The van der Waals surface area contributed by atoms with Crippen LogP contribution in [0.15, 0.2) is 36.3 Å². The summed E-state index contributed by atoms with van der Waals surface area (Å²) in [6, 6.07) is 6.76. The molecule has 5 heteroatoms. The van der Waals surface area contributed by atoms with E-state index in [9.17, 15) is 9.59 Å². The smallest absolute Gasteiger partial charge is 0.219 e. The molecule has 1 fully saturated rings. The van der Waals surface area contributed by atoms with E-state index in [0.717, 1.165) is 31.4 Å². The molecule has 1 saturated carbocycles. The van der Waals surface area contributed by atoms with Crippen LogP contribution in [0.2, 0.25) is 0 Å². The zero-order chi connectivity index (χ0) is 20.1. The second-order valence-electron chi connectivity index (χ2n) is 8.38. The van der Waals surface area contributed by atoms with E-state index in [1.54, 1.807) is 0 Å². The van der Waals surface area contributed by atoms with Crippen LogP contribution < -0.4 is 10.2 Å². The normalized spacial score (nSPS) is 24.1. The average molecular weight is 387 g/mol. The Kier molecular flexibility index (Phi) is 4.29. The van der Waals surface area contributed by atoms with E-state index < -0.39 is 0 Å². The van der Waals surface area contributed by atoms with E-state index in [1.165, 1.54) is 27.8 Å². The van der Waals surface area contributed by atoms with Gasteiger partial charge in [-0.3, -0.25) is 9.78 Å². The van der Waals surface area contributed by atoms with Crippen molar-refractivity contribution < 1.29 is 9.59 Å². The van der Waals surface area contributed by atoms with Crippen molar-refractivity contribution in [2.75, 3.05) is 11.9 Å². The fourth-order valence-electron chi connectivity index (χ4n) is 5.24. The summed E-state index contributed by atoms with van der Waals surface area (Å²) in [4.78, 5) is 29.5. The molecule has 3 unspecified atom stereocenters. The molecule has 1 N–H and O–H groups in total. The fraction of sp³-hybridized carbons (Fsp3) is 0.417. The van der Waals surface area contributed by atoms with Gasteiger partial charge in [-0.2, -0.15) is 0 Å². The van der Waals surface area contributed by atoms with Crippen LogP contribution in [-0.2, 0) is 22.4 Å². The highest BCUT2D eigenvalue weighted by Crippen LogP contribution is 2.55. The minimum atomic E-state index is 0.137. The number of allylic oxidation sites excluding steroid dienone is 1. The summed E-state index contributed by atoms with van der Waals surface area (Å²) in [6.07, 6.45) is 8.24. The van der Waals surface area contributed by atoms with Crippen molar-refractivity contribution in [2.24, 2.45) is 5.92 Å². The zero-order valence-corrected chi connectivity index (χ0v) is 16.9. The summed E-state index contributed by atoms with van der Waals surface area (Å²) in [5.41, 5.74) is 8.14. The number of carbonyl (C=O) groups is 1. The van der Waals surface area contributed by atoms with Crippen LogP contribution in [0.5, 0.6) is 0 Å². The van der Waals surface area contributed by atoms with E-state index in [-0.39, 0.29) is 11.9 Å². The molecule has 1 aliphatic heterocycles. The lowest BCUT2D eigenvalue weighted by atomic mass is 9.86. The van der Waals surface area contributed by atoms with Crippen LogP contribution >= 0.6 is 0 Å². The Morgan fingerprint density at radius 1 is 1.28 bits per heavy atom. The molecule has 5 rings (SSSR count). The van der Waals surface area contributed by atoms with Crippen LogP contribution in [0.4, 0.5) is 5.69 Å². The molecule has 0 bridgehead atoms. The molecule has 148 valence electrons. The molecule has 2 heterocycles. The maximum Gasteiger partial charge on any atom is 0.219 e. The molecule has 0 radical (unpaired) electrons. The largest absolute Gasteiger partial charge is 0.352 e. The summed E-state index contributed by atoms with van der Waals surface area (Å²) in [7, 11) is 1.93. The van der Waals surface area contributed by atoms with Gasteiger partial charge >= 0.3 is 0 Å². The van der Waals surface area contributed by atoms with Crippen LogP contribution in [0, 0.1) is 5.92 Å². The van der Waals surface area contributed by atoms with Crippen LogP contribution in [-0.4, -0.2) is 29.9 Å². The predicted octanol–water partition coefficient (Wildman–Crippen LogP) is 3.40. The number of hydrogen-bond donors (Lipinski definition) is 1. The minimum absolute atomic E-state index is 0.137. The molecule has 5 nitrogen and oxygen atoms in total. The molecule has 3 aliphatic rings. The number of nitrogens with zero attached hydrogens (tertiary/aromatic N) is 2. The number of nitrogens with one attached hydrogen (secondary N) is 1. The highest BCUT2D eigenvalue weighted by atomic mass is 16.1. The molecular weight excluding hydrogens is 362 g/mol. The van der Waals surface area contributed by atoms with Gasteiger partial charge in [0.1, 0.15) is 11.6 Å². The van der Waals surface area contributed by atoms with E-state index in [0.29, 0.717) is 24.0 Å².